The van der Waals surface area contributed by atoms with Crippen LogP contribution in [0.4, 0.5) is 0 Å². The van der Waals surface area contributed by atoms with E-state index < -0.39 is 5.97 Å². The normalized spacial score (nSPS) is 21.2. The van der Waals surface area contributed by atoms with Gasteiger partial charge in [0.2, 0.25) is 0 Å². The van der Waals surface area contributed by atoms with E-state index in [4.69, 9.17) is 5.11 Å². The highest BCUT2D eigenvalue weighted by molar-refractivity contribution is 7.99. The molecule has 1 atom stereocenters. The number of carboxylic acid groups (broad SMARTS) is 1. The van der Waals surface area contributed by atoms with Gasteiger partial charge in [0.05, 0.1) is 5.75 Å². The third-order valence-electron chi connectivity index (χ3n) is 3.72. The van der Waals surface area contributed by atoms with Crippen molar-refractivity contribution >= 4 is 17.7 Å². The standard InChI is InChI=1S/C13H22N4O2S/c1-10-6-14-13(20-9-12(18)19)17(10)8-11-7-15(2)4-5-16(11)3/h6,11H,4-5,7-9H2,1-3H3,(H,18,19). The van der Waals surface area contributed by atoms with Crippen LogP contribution in [0.1, 0.15) is 5.69 Å². The molecule has 0 aliphatic carbocycles. The zero-order chi connectivity index (χ0) is 14.7. The Morgan fingerprint density at radius 1 is 1.50 bits per heavy atom. The van der Waals surface area contributed by atoms with Crippen LogP contribution in [0.5, 0.6) is 0 Å². The number of thioether (sulfide) groups is 1. The Labute approximate surface area is 123 Å². The highest BCUT2D eigenvalue weighted by atomic mass is 32.2. The van der Waals surface area contributed by atoms with Gasteiger partial charge in [-0.15, -0.1) is 0 Å². The van der Waals surface area contributed by atoms with Gasteiger partial charge >= 0.3 is 5.97 Å². The Balaban J connectivity index is 2.07. The molecule has 0 saturated carbocycles. The average Bonchev–Trinajstić information content (AvgIpc) is 2.73. The monoisotopic (exact) mass is 298 g/mol. The van der Waals surface area contributed by atoms with Gasteiger partial charge < -0.3 is 14.6 Å². The third-order valence-corrected chi connectivity index (χ3v) is 4.69. The molecule has 112 valence electrons. The molecule has 1 N–H and O–H groups in total. The second-order valence-electron chi connectivity index (χ2n) is 5.37. The van der Waals surface area contributed by atoms with E-state index in [1.54, 1.807) is 0 Å². The lowest BCUT2D eigenvalue weighted by Crippen LogP contribution is -2.51. The van der Waals surface area contributed by atoms with Crippen molar-refractivity contribution in [1.29, 1.82) is 0 Å². The SMILES string of the molecule is Cc1cnc(SCC(=O)O)n1CC1CN(C)CCN1C. The number of carboxylic acids is 1. The number of hydrogen-bond donors (Lipinski definition) is 1. The number of imidazole rings is 1. The number of likely N-dealkylation sites (N-methyl/N-ethyl adjacent to an activating group) is 2. The molecule has 6 nitrogen and oxygen atoms in total. The Morgan fingerprint density at radius 2 is 2.25 bits per heavy atom. The van der Waals surface area contributed by atoms with E-state index in [-0.39, 0.29) is 5.75 Å². The van der Waals surface area contributed by atoms with Crippen molar-refractivity contribution < 1.29 is 9.90 Å². The van der Waals surface area contributed by atoms with E-state index in [9.17, 15) is 4.79 Å². The van der Waals surface area contributed by atoms with Crippen molar-refractivity contribution in [3.63, 3.8) is 0 Å². The molecule has 1 aliphatic rings. The van der Waals surface area contributed by atoms with E-state index in [1.807, 2.05) is 13.1 Å². The lowest BCUT2D eigenvalue weighted by Gasteiger charge is -2.38. The van der Waals surface area contributed by atoms with Crippen LogP contribution in [0.25, 0.3) is 0 Å². The summed E-state index contributed by atoms with van der Waals surface area (Å²) < 4.78 is 2.13. The van der Waals surface area contributed by atoms with Crippen LogP contribution in [0, 0.1) is 6.92 Å². The van der Waals surface area contributed by atoms with Gasteiger partial charge in [0.1, 0.15) is 0 Å². The highest BCUT2D eigenvalue weighted by Gasteiger charge is 2.24. The van der Waals surface area contributed by atoms with Crippen molar-refractivity contribution in [3.8, 4) is 0 Å². The highest BCUT2D eigenvalue weighted by Crippen LogP contribution is 2.20. The van der Waals surface area contributed by atoms with Gasteiger partial charge in [-0.25, -0.2) is 4.98 Å². The fourth-order valence-electron chi connectivity index (χ4n) is 2.41. The van der Waals surface area contributed by atoms with Crippen LogP contribution in [-0.4, -0.2) is 76.0 Å². The smallest absolute Gasteiger partial charge is 0.313 e. The van der Waals surface area contributed by atoms with Crippen molar-refractivity contribution in [2.45, 2.75) is 24.7 Å². The van der Waals surface area contributed by atoms with Gasteiger partial charge in [-0.2, -0.15) is 0 Å². The number of carbonyl (C=O) groups is 1. The van der Waals surface area contributed by atoms with Crippen molar-refractivity contribution in [1.82, 2.24) is 19.4 Å². The molecule has 0 radical (unpaired) electrons. The molecule has 1 unspecified atom stereocenters. The molecule has 2 heterocycles. The van der Waals surface area contributed by atoms with Crippen molar-refractivity contribution in [3.05, 3.63) is 11.9 Å². The van der Waals surface area contributed by atoms with E-state index in [0.29, 0.717) is 6.04 Å². The number of nitrogens with zero attached hydrogens (tertiary/aromatic N) is 4. The van der Waals surface area contributed by atoms with E-state index in [2.05, 4.69) is 33.4 Å². The van der Waals surface area contributed by atoms with Gasteiger partial charge in [-0.05, 0) is 21.0 Å². The Bertz CT molecular complexity index is 477. The molecule has 7 heteroatoms. The predicted octanol–water partition coefficient (Wildman–Crippen LogP) is 0.614. The largest absolute Gasteiger partial charge is 0.481 e. The minimum absolute atomic E-state index is 0.0524. The summed E-state index contributed by atoms with van der Waals surface area (Å²) in [6.45, 7) is 6.05. The van der Waals surface area contributed by atoms with Gasteiger partial charge in [-0.3, -0.25) is 9.69 Å². The molecule has 1 aliphatic heterocycles. The second kappa shape index (κ2) is 6.60. The summed E-state index contributed by atoms with van der Waals surface area (Å²) in [5.41, 5.74) is 1.08. The second-order valence-corrected chi connectivity index (χ2v) is 6.31. The average molecular weight is 298 g/mol. The number of hydrogen-bond acceptors (Lipinski definition) is 5. The van der Waals surface area contributed by atoms with Gasteiger partial charge in [-0.1, -0.05) is 11.8 Å². The molecule has 1 aromatic rings. The Hall–Kier alpha value is -1.05. The lowest BCUT2D eigenvalue weighted by atomic mass is 10.2. The van der Waals surface area contributed by atoms with E-state index in [0.717, 1.165) is 37.0 Å². The molecular formula is C13H22N4O2S. The molecule has 1 aromatic heterocycles. The maximum atomic E-state index is 10.7. The molecule has 0 aromatic carbocycles. The summed E-state index contributed by atoms with van der Waals surface area (Å²) in [6.07, 6.45) is 1.82. The van der Waals surface area contributed by atoms with Crippen LogP contribution in [0.15, 0.2) is 11.4 Å². The minimum Gasteiger partial charge on any atom is -0.481 e. The molecule has 2 rings (SSSR count). The first kappa shape index (κ1) is 15.3. The number of aliphatic carboxylic acids is 1. The molecule has 1 fully saturated rings. The van der Waals surface area contributed by atoms with Crippen LogP contribution >= 0.6 is 11.8 Å². The number of aromatic nitrogens is 2. The zero-order valence-electron chi connectivity index (χ0n) is 12.2. The molecule has 0 amide bonds. The Morgan fingerprint density at radius 3 is 2.95 bits per heavy atom. The van der Waals surface area contributed by atoms with Gasteiger partial charge in [0.25, 0.3) is 0 Å². The predicted molar refractivity (Wildman–Crippen MR) is 79.2 cm³/mol. The maximum Gasteiger partial charge on any atom is 0.313 e. The summed E-state index contributed by atoms with van der Waals surface area (Å²) >= 11 is 1.29. The number of rotatable bonds is 5. The number of piperazine rings is 1. The Kier molecular flexibility index (Phi) is 5.06. The summed E-state index contributed by atoms with van der Waals surface area (Å²) in [5.74, 6) is -0.756. The van der Waals surface area contributed by atoms with Gasteiger partial charge in [0, 0.05) is 44.1 Å². The first-order valence-corrected chi connectivity index (χ1v) is 7.71. The first-order valence-electron chi connectivity index (χ1n) is 6.73. The summed E-state index contributed by atoms with van der Waals surface area (Å²) in [6, 6.07) is 0.436. The zero-order valence-corrected chi connectivity index (χ0v) is 13.1. The third kappa shape index (κ3) is 3.74. The molecule has 0 spiro atoms. The summed E-state index contributed by atoms with van der Waals surface area (Å²) in [7, 11) is 4.29. The minimum atomic E-state index is -0.809. The summed E-state index contributed by atoms with van der Waals surface area (Å²) in [4.78, 5) is 19.7. The quantitative estimate of drug-likeness (QED) is 0.804. The lowest BCUT2D eigenvalue weighted by molar-refractivity contribution is -0.133. The molecule has 1 saturated heterocycles. The van der Waals surface area contributed by atoms with Crippen LogP contribution < -0.4 is 0 Å². The van der Waals surface area contributed by atoms with Crippen molar-refractivity contribution in [2.24, 2.45) is 0 Å². The fourth-order valence-corrected chi connectivity index (χ4v) is 3.17. The molecule has 0 bridgehead atoms. The first-order chi connectivity index (χ1) is 9.47. The van der Waals surface area contributed by atoms with Gasteiger partial charge in [0.15, 0.2) is 5.16 Å². The molecular weight excluding hydrogens is 276 g/mol. The molecule has 20 heavy (non-hydrogen) atoms. The van der Waals surface area contributed by atoms with E-state index >= 15 is 0 Å². The van der Waals surface area contributed by atoms with Crippen LogP contribution in [-0.2, 0) is 11.3 Å². The maximum absolute atomic E-state index is 10.7. The number of aryl methyl sites for hydroxylation is 1. The fraction of sp³-hybridized carbons (Fsp3) is 0.692. The van der Waals surface area contributed by atoms with Crippen LogP contribution in [0.3, 0.4) is 0 Å². The van der Waals surface area contributed by atoms with Crippen LogP contribution in [0.2, 0.25) is 0 Å². The summed E-state index contributed by atoms with van der Waals surface area (Å²) in [5, 5.41) is 9.60. The van der Waals surface area contributed by atoms with E-state index in [1.165, 1.54) is 11.8 Å². The van der Waals surface area contributed by atoms with Crippen molar-refractivity contribution in [2.75, 3.05) is 39.5 Å². The topological polar surface area (TPSA) is 61.6 Å².